The predicted octanol–water partition coefficient (Wildman–Crippen LogP) is 1.41. The van der Waals surface area contributed by atoms with E-state index in [1.54, 1.807) is 0 Å². The maximum Gasteiger partial charge on any atom is 0.0616 e. The maximum absolute atomic E-state index is 5.60. The Bertz CT molecular complexity index is 116. The first kappa shape index (κ1) is 9.01. The minimum atomic E-state index is 0.498. The van der Waals surface area contributed by atoms with Gasteiger partial charge in [-0.05, 0) is 26.8 Å². The van der Waals surface area contributed by atoms with Crippen molar-refractivity contribution in [3.05, 3.63) is 0 Å². The Kier molecular flexibility index (Phi) is 3.34. The quantitative estimate of drug-likeness (QED) is 0.669. The summed E-state index contributed by atoms with van der Waals surface area (Å²) in [5, 5.41) is 3.29. The van der Waals surface area contributed by atoms with Crippen molar-refractivity contribution in [3.63, 3.8) is 0 Å². The van der Waals surface area contributed by atoms with Crippen molar-refractivity contribution in [3.8, 4) is 0 Å². The fourth-order valence-corrected chi connectivity index (χ4v) is 1.87. The summed E-state index contributed by atoms with van der Waals surface area (Å²) in [7, 11) is 2.02. The van der Waals surface area contributed by atoms with Crippen LogP contribution in [0, 0.1) is 5.92 Å². The first-order valence-corrected chi connectivity index (χ1v) is 4.58. The van der Waals surface area contributed by atoms with Crippen LogP contribution in [0.1, 0.15) is 26.7 Å². The highest BCUT2D eigenvalue weighted by Gasteiger charge is 2.30. The highest BCUT2D eigenvalue weighted by molar-refractivity contribution is 4.82. The third-order valence-electron chi connectivity index (χ3n) is 2.76. The van der Waals surface area contributed by atoms with Crippen molar-refractivity contribution in [2.75, 3.05) is 13.7 Å². The van der Waals surface area contributed by atoms with Crippen molar-refractivity contribution in [1.82, 2.24) is 5.32 Å². The van der Waals surface area contributed by atoms with Crippen LogP contribution >= 0.6 is 0 Å². The van der Waals surface area contributed by atoms with Crippen LogP contribution in [-0.2, 0) is 4.74 Å². The van der Waals surface area contributed by atoms with Gasteiger partial charge in [0.05, 0.1) is 6.10 Å². The molecule has 0 amide bonds. The van der Waals surface area contributed by atoms with Crippen molar-refractivity contribution >= 4 is 0 Å². The molecule has 1 aliphatic heterocycles. The van der Waals surface area contributed by atoms with Crippen LogP contribution < -0.4 is 5.32 Å². The van der Waals surface area contributed by atoms with Gasteiger partial charge in [-0.3, -0.25) is 0 Å². The molecule has 1 fully saturated rings. The van der Waals surface area contributed by atoms with Gasteiger partial charge in [-0.2, -0.15) is 0 Å². The molecule has 0 spiro atoms. The summed E-state index contributed by atoms with van der Waals surface area (Å²) in [6.07, 6.45) is 2.87. The molecule has 1 N–H and O–H groups in total. The Labute approximate surface area is 69.3 Å². The summed E-state index contributed by atoms with van der Waals surface area (Å²) < 4.78 is 5.60. The van der Waals surface area contributed by atoms with E-state index in [0.29, 0.717) is 12.1 Å². The molecule has 0 saturated carbocycles. The third-order valence-corrected chi connectivity index (χ3v) is 2.76. The minimum absolute atomic E-state index is 0.498. The fourth-order valence-electron chi connectivity index (χ4n) is 1.87. The number of rotatable bonds is 3. The Hall–Kier alpha value is -0.0800. The normalized spacial score (nSPS) is 34.1. The number of hydrogen-bond donors (Lipinski definition) is 1. The molecule has 0 radical (unpaired) electrons. The van der Waals surface area contributed by atoms with Crippen LogP contribution in [-0.4, -0.2) is 25.8 Å². The largest absolute Gasteiger partial charge is 0.378 e. The van der Waals surface area contributed by atoms with Crippen LogP contribution in [0.2, 0.25) is 0 Å². The molecule has 1 aliphatic rings. The molecule has 0 bridgehead atoms. The summed E-state index contributed by atoms with van der Waals surface area (Å²) in [6.45, 7) is 5.39. The number of ether oxygens (including phenoxy) is 1. The summed E-state index contributed by atoms with van der Waals surface area (Å²) in [4.78, 5) is 0. The average Bonchev–Trinajstić information content (AvgIpc) is 2.50. The van der Waals surface area contributed by atoms with Gasteiger partial charge in [0.2, 0.25) is 0 Å². The molecular formula is C9H19NO. The smallest absolute Gasteiger partial charge is 0.0616 e. The van der Waals surface area contributed by atoms with E-state index in [0.717, 1.165) is 18.9 Å². The Balaban J connectivity index is 2.42. The van der Waals surface area contributed by atoms with Crippen LogP contribution in [0.25, 0.3) is 0 Å². The van der Waals surface area contributed by atoms with E-state index in [1.165, 1.54) is 6.42 Å². The monoisotopic (exact) mass is 157 g/mol. The van der Waals surface area contributed by atoms with Gasteiger partial charge in [0.1, 0.15) is 0 Å². The summed E-state index contributed by atoms with van der Waals surface area (Å²) in [5.41, 5.74) is 0. The van der Waals surface area contributed by atoms with Crippen molar-refractivity contribution in [1.29, 1.82) is 0 Å². The van der Waals surface area contributed by atoms with Gasteiger partial charge in [-0.25, -0.2) is 0 Å². The lowest BCUT2D eigenvalue weighted by atomic mass is 9.93. The van der Waals surface area contributed by atoms with E-state index >= 15 is 0 Å². The molecule has 1 rings (SSSR count). The van der Waals surface area contributed by atoms with E-state index in [9.17, 15) is 0 Å². The van der Waals surface area contributed by atoms with Gasteiger partial charge in [-0.1, -0.05) is 6.92 Å². The lowest BCUT2D eigenvalue weighted by Gasteiger charge is -2.22. The van der Waals surface area contributed by atoms with Gasteiger partial charge >= 0.3 is 0 Å². The van der Waals surface area contributed by atoms with Gasteiger partial charge in [0, 0.05) is 18.6 Å². The van der Waals surface area contributed by atoms with Crippen LogP contribution in [0.5, 0.6) is 0 Å². The molecule has 11 heavy (non-hydrogen) atoms. The summed E-state index contributed by atoms with van der Waals surface area (Å²) >= 11 is 0. The van der Waals surface area contributed by atoms with Gasteiger partial charge in [0.15, 0.2) is 0 Å². The van der Waals surface area contributed by atoms with Gasteiger partial charge < -0.3 is 10.1 Å². The van der Waals surface area contributed by atoms with Crippen molar-refractivity contribution in [2.24, 2.45) is 5.92 Å². The zero-order valence-electron chi connectivity index (χ0n) is 7.76. The second-order valence-corrected chi connectivity index (χ2v) is 3.35. The molecule has 2 heteroatoms. The molecule has 0 aliphatic carbocycles. The Morgan fingerprint density at radius 3 is 2.91 bits per heavy atom. The second-order valence-electron chi connectivity index (χ2n) is 3.35. The molecule has 0 aromatic heterocycles. The highest BCUT2D eigenvalue weighted by Crippen LogP contribution is 2.25. The van der Waals surface area contributed by atoms with E-state index in [2.05, 4.69) is 19.2 Å². The van der Waals surface area contributed by atoms with Crippen LogP contribution in [0.4, 0.5) is 0 Å². The molecule has 3 unspecified atom stereocenters. The standard InChI is InChI=1S/C9H19NO/c1-4-9-8(5-6-11-9)7(2)10-3/h7-10H,4-6H2,1-3H3. The maximum atomic E-state index is 5.60. The molecule has 0 aromatic rings. The second kappa shape index (κ2) is 4.07. The molecule has 0 aromatic carbocycles. The third kappa shape index (κ3) is 1.94. The van der Waals surface area contributed by atoms with Gasteiger partial charge in [0.25, 0.3) is 0 Å². The van der Waals surface area contributed by atoms with Gasteiger partial charge in [-0.15, -0.1) is 0 Å². The highest BCUT2D eigenvalue weighted by atomic mass is 16.5. The predicted molar refractivity (Wildman–Crippen MR) is 46.7 cm³/mol. The Morgan fingerprint density at radius 2 is 2.36 bits per heavy atom. The first-order chi connectivity index (χ1) is 5.29. The van der Waals surface area contributed by atoms with Crippen LogP contribution in [0.15, 0.2) is 0 Å². The number of nitrogens with one attached hydrogen (secondary N) is 1. The topological polar surface area (TPSA) is 21.3 Å². The molecule has 1 heterocycles. The number of hydrogen-bond acceptors (Lipinski definition) is 2. The Morgan fingerprint density at radius 1 is 1.64 bits per heavy atom. The van der Waals surface area contributed by atoms with Crippen molar-refractivity contribution in [2.45, 2.75) is 38.8 Å². The zero-order valence-corrected chi connectivity index (χ0v) is 7.76. The fraction of sp³-hybridized carbons (Fsp3) is 1.00. The average molecular weight is 157 g/mol. The minimum Gasteiger partial charge on any atom is -0.378 e. The molecule has 66 valence electrons. The SMILES string of the molecule is CCC1OCCC1C(C)NC. The van der Waals surface area contributed by atoms with Crippen LogP contribution in [0.3, 0.4) is 0 Å². The lowest BCUT2D eigenvalue weighted by Crippen LogP contribution is -2.35. The molecule has 2 nitrogen and oxygen atoms in total. The molecule has 3 atom stereocenters. The van der Waals surface area contributed by atoms with E-state index in [-0.39, 0.29) is 0 Å². The van der Waals surface area contributed by atoms with E-state index < -0.39 is 0 Å². The molecular weight excluding hydrogens is 138 g/mol. The van der Waals surface area contributed by atoms with E-state index in [1.807, 2.05) is 7.05 Å². The molecule has 1 saturated heterocycles. The summed E-state index contributed by atoms with van der Waals surface area (Å²) in [5.74, 6) is 0.727. The van der Waals surface area contributed by atoms with E-state index in [4.69, 9.17) is 4.74 Å². The zero-order chi connectivity index (χ0) is 8.27. The lowest BCUT2D eigenvalue weighted by molar-refractivity contribution is 0.0801. The first-order valence-electron chi connectivity index (χ1n) is 4.58. The summed E-state index contributed by atoms with van der Waals surface area (Å²) in [6, 6.07) is 0.599. The van der Waals surface area contributed by atoms with Crippen molar-refractivity contribution < 1.29 is 4.74 Å².